The summed E-state index contributed by atoms with van der Waals surface area (Å²) in [5.74, 6) is -0.787. The van der Waals surface area contributed by atoms with E-state index in [0.717, 1.165) is 11.1 Å². The summed E-state index contributed by atoms with van der Waals surface area (Å²) in [6, 6.07) is 17.3. The molecule has 1 unspecified atom stereocenters. The molecule has 0 amide bonds. The van der Waals surface area contributed by atoms with E-state index in [0.29, 0.717) is 13.2 Å². The third kappa shape index (κ3) is 7.70. The van der Waals surface area contributed by atoms with Crippen LogP contribution in [0.25, 0.3) is 0 Å². The highest BCUT2D eigenvalue weighted by Gasteiger charge is 2.41. The van der Waals surface area contributed by atoms with E-state index in [1.54, 1.807) is 0 Å². The third-order valence-corrected chi connectivity index (χ3v) is 5.94. The van der Waals surface area contributed by atoms with Crippen LogP contribution in [0.3, 0.4) is 0 Å². The van der Waals surface area contributed by atoms with Crippen LogP contribution < -0.4 is 5.32 Å². The van der Waals surface area contributed by atoms with Gasteiger partial charge in [0.15, 0.2) is 12.2 Å². The lowest BCUT2D eigenvalue weighted by atomic mass is 10.1. The quantitative estimate of drug-likeness (QED) is 0.303. The molecule has 1 N–H and O–H groups in total. The maximum atomic E-state index is 13.5. The van der Waals surface area contributed by atoms with Crippen molar-refractivity contribution in [2.24, 2.45) is 0 Å². The molecule has 0 radical (unpaired) electrons. The van der Waals surface area contributed by atoms with Crippen LogP contribution in [-0.4, -0.2) is 43.9 Å². The minimum Gasteiger partial charge on any atom is -0.447 e. The van der Waals surface area contributed by atoms with E-state index in [4.69, 9.17) is 34.6 Å². The van der Waals surface area contributed by atoms with Gasteiger partial charge in [-0.1, -0.05) is 72.3 Å². The molecule has 0 bridgehead atoms. The average molecular weight is 470 g/mol. The summed E-state index contributed by atoms with van der Waals surface area (Å²) in [5.41, 5.74) is 1.54. The van der Waals surface area contributed by atoms with Crippen LogP contribution in [0.2, 0.25) is 0 Å². The Balaban J connectivity index is 1.77. The second kappa shape index (κ2) is 12.3. The van der Waals surface area contributed by atoms with Gasteiger partial charge in [-0.15, -0.1) is 0 Å². The monoisotopic (exact) mass is 469 g/mol. The standard InChI is InChI=1S/C21H25ClNO7P/c22-16-27-21(24)20(19-15-26-12-11-23-19)30-31(25,28-13-17-7-3-1-4-8-17)29-14-18-9-5-2-6-10-18/h1-10,19-20,23H,11-16H2/t19-,20?/m1/s1. The molecule has 0 spiro atoms. The van der Waals surface area contributed by atoms with Gasteiger partial charge in [-0.3, -0.25) is 13.6 Å². The molecule has 1 heterocycles. The molecule has 31 heavy (non-hydrogen) atoms. The minimum absolute atomic E-state index is 0.0290. The van der Waals surface area contributed by atoms with Crippen LogP contribution in [0, 0.1) is 0 Å². The lowest BCUT2D eigenvalue weighted by Gasteiger charge is -2.31. The van der Waals surface area contributed by atoms with Gasteiger partial charge in [-0.05, 0) is 11.1 Å². The molecular weight excluding hydrogens is 445 g/mol. The van der Waals surface area contributed by atoms with Gasteiger partial charge in [-0.2, -0.15) is 0 Å². The Morgan fingerprint density at radius 1 is 1.06 bits per heavy atom. The third-order valence-electron chi connectivity index (χ3n) is 4.45. The highest BCUT2D eigenvalue weighted by Crippen LogP contribution is 2.52. The predicted molar refractivity (Wildman–Crippen MR) is 114 cm³/mol. The Labute approximate surface area is 186 Å². The molecule has 10 heteroatoms. The van der Waals surface area contributed by atoms with Crippen molar-refractivity contribution < 1.29 is 32.4 Å². The fourth-order valence-electron chi connectivity index (χ4n) is 2.89. The van der Waals surface area contributed by atoms with Crippen molar-refractivity contribution >= 4 is 25.4 Å². The first-order valence-corrected chi connectivity index (χ1v) is 11.8. The number of hydrogen-bond acceptors (Lipinski definition) is 8. The number of carbonyl (C=O) groups excluding carboxylic acids is 1. The van der Waals surface area contributed by atoms with Gasteiger partial charge in [0.1, 0.15) is 0 Å². The number of morpholine rings is 1. The van der Waals surface area contributed by atoms with E-state index >= 15 is 0 Å². The highest BCUT2D eigenvalue weighted by molar-refractivity contribution is 7.48. The van der Waals surface area contributed by atoms with Crippen LogP contribution in [-0.2, 0) is 45.6 Å². The van der Waals surface area contributed by atoms with Crippen LogP contribution in [0.4, 0.5) is 0 Å². The van der Waals surface area contributed by atoms with Gasteiger partial charge in [0.25, 0.3) is 0 Å². The maximum absolute atomic E-state index is 13.5. The smallest absolute Gasteiger partial charge is 0.447 e. The highest BCUT2D eigenvalue weighted by atomic mass is 35.5. The summed E-state index contributed by atoms with van der Waals surface area (Å²) in [4.78, 5) is 12.5. The number of halogens is 1. The van der Waals surface area contributed by atoms with Crippen molar-refractivity contribution in [2.75, 3.05) is 25.8 Å². The van der Waals surface area contributed by atoms with Crippen LogP contribution in [0.15, 0.2) is 60.7 Å². The fraction of sp³-hybridized carbons (Fsp3) is 0.381. The number of esters is 1. The number of alkyl halides is 1. The summed E-state index contributed by atoms with van der Waals surface area (Å²) in [7, 11) is -4.19. The number of rotatable bonds is 11. The number of benzene rings is 2. The summed E-state index contributed by atoms with van der Waals surface area (Å²) < 4.78 is 40.7. The van der Waals surface area contributed by atoms with E-state index in [-0.39, 0.29) is 25.9 Å². The van der Waals surface area contributed by atoms with Crippen molar-refractivity contribution in [2.45, 2.75) is 25.4 Å². The minimum atomic E-state index is -4.19. The first kappa shape index (κ1) is 23.9. The topological polar surface area (TPSA) is 92.3 Å². The number of ether oxygens (including phenoxy) is 2. The second-order valence-electron chi connectivity index (χ2n) is 6.70. The number of phosphoric ester groups is 1. The molecular formula is C21H25ClNO7P. The number of phosphoric acid groups is 1. The molecule has 168 valence electrons. The molecule has 2 aromatic rings. The van der Waals surface area contributed by atoms with Gasteiger partial charge < -0.3 is 14.8 Å². The van der Waals surface area contributed by atoms with Crippen LogP contribution in [0.5, 0.6) is 0 Å². The Hall–Kier alpha value is -1.77. The van der Waals surface area contributed by atoms with E-state index in [9.17, 15) is 9.36 Å². The summed E-state index contributed by atoms with van der Waals surface area (Å²) in [5, 5.41) is 3.10. The average Bonchev–Trinajstić information content (AvgIpc) is 2.82. The molecule has 1 fully saturated rings. The van der Waals surface area contributed by atoms with Crippen molar-refractivity contribution in [1.82, 2.24) is 5.32 Å². The largest absolute Gasteiger partial charge is 0.476 e. The van der Waals surface area contributed by atoms with Crippen molar-refractivity contribution in [3.05, 3.63) is 71.8 Å². The van der Waals surface area contributed by atoms with Gasteiger partial charge in [0, 0.05) is 6.54 Å². The van der Waals surface area contributed by atoms with Crippen LogP contribution >= 0.6 is 19.4 Å². The molecule has 0 aromatic heterocycles. The Morgan fingerprint density at radius 3 is 2.13 bits per heavy atom. The lowest BCUT2D eigenvalue weighted by molar-refractivity contribution is -0.154. The first-order chi connectivity index (χ1) is 15.1. The van der Waals surface area contributed by atoms with E-state index in [1.165, 1.54) is 0 Å². The second-order valence-corrected chi connectivity index (χ2v) is 8.54. The van der Waals surface area contributed by atoms with Crippen molar-refractivity contribution in [3.8, 4) is 0 Å². The molecule has 2 aromatic carbocycles. The van der Waals surface area contributed by atoms with Crippen molar-refractivity contribution in [1.29, 1.82) is 0 Å². The van der Waals surface area contributed by atoms with E-state index in [2.05, 4.69) is 5.32 Å². The molecule has 8 nitrogen and oxygen atoms in total. The molecule has 1 aliphatic heterocycles. The van der Waals surface area contributed by atoms with Gasteiger partial charge in [0.05, 0.1) is 32.5 Å². The molecule has 3 rings (SSSR count). The summed E-state index contributed by atoms with van der Waals surface area (Å²) in [6.45, 7) is 1.09. The Morgan fingerprint density at radius 2 is 1.65 bits per heavy atom. The van der Waals surface area contributed by atoms with Gasteiger partial charge in [0.2, 0.25) is 0 Å². The summed E-state index contributed by atoms with van der Waals surface area (Å²) in [6.07, 6.45) is -1.29. The van der Waals surface area contributed by atoms with Gasteiger partial charge >= 0.3 is 13.8 Å². The normalized spacial score (nSPS) is 17.8. The maximum Gasteiger partial charge on any atom is 0.476 e. The fourth-order valence-corrected chi connectivity index (χ4v) is 4.32. The van der Waals surface area contributed by atoms with Crippen molar-refractivity contribution in [3.63, 3.8) is 0 Å². The number of carbonyl (C=O) groups is 1. The van der Waals surface area contributed by atoms with E-state index < -0.39 is 25.9 Å². The van der Waals surface area contributed by atoms with E-state index in [1.807, 2.05) is 60.7 Å². The molecule has 0 saturated carbocycles. The zero-order chi connectivity index (χ0) is 21.9. The Kier molecular flexibility index (Phi) is 9.49. The summed E-state index contributed by atoms with van der Waals surface area (Å²) >= 11 is 5.55. The molecule has 1 saturated heterocycles. The molecule has 0 aliphatic carbocycles. The molecule has 2 atom stereocenters. The Bertz CT molecular complexity index is 802. The van der Waals surface area contributed by atoms with Gasteiger partial charge in [-0.25, -0.2) is 9.36 Å². The number of hydrogen-bond donors (Lipinski definition) is 1. The zero-order valence-electron chi connectivity index (χ0n) is 16.9. The zero-order valence-corrected chi connectivity index (χ0v) is 18.5. The SMILES string of the molecule is O=C(OCCl)C(OP(=O)(OCc1ccccc1)OCc1ccccc1)[C@H]1COCCN1. The predicted octanol–water partition coefficient (Wildman–Crippen LogP) is 3.64. The molecule has 1 aliphatic rings. The van der Waals surface area contributed by atoms with Crippen LogP contribution in [0.1, 0.15) is 11.1 Å². The number of nitrogens with one attached hydrogen (secondary N) is 1. The first-order valence-electron chi connectivity index (χ1n) is 9.79. The lowest BCUT2D eigenvalue weighted by Crippen LogP contribution is -2.52.